The summed E-state index contributed by atoms with van der Waals surface area (Å²) in [5.41, 5.74) is 4.16. The molecule has 0 bridgehead atoms. The van der Waals surface area contributed by atoms with E-state index in [0.717, 1.165) is 45.4 Å². The monoisotopic (exact) mass is 536 g/mol. The average Bonchev–Trinajstić information content (AvgIpc) is 3.18. The van der Waals surface area contributed by atoms with Crippen LogP contribution in [0.5, 0.6) is 11.5 Å². The van der Waals surface area contributed by atoms with Crippen molar-refractivity contribution in [2.75, 3.05) is 7.11 Å². The minimum absolute atomic E-state index is 0.269. The molecular formula is C28H29BrN2O2S. The number of halogens is 1. The van der Waals surface area contributed by atoms with Crippen molar-refractivity contribution in [3.63, 3.8) is 0 Å². The lowest BCUT2D eigenvalue weighted by molar-refractivity contribution is 0.218. The van der Waals surface area contributed by atoms with Crippen molar-refractivity contribution in [3.05, 3.63) is 74.1 Å². The van der Waals surface area contributed by atoms with Crippen LogP contribution in [0.1, 0.15) is 54.3 Å². The van der Waals surface area contributed by atoms with E-state index in [1.165, 1.54) is 10.4 Å². The van der Waals surface area contributed by atoms with E-state index in [0.29, 0.717) is 24.0 Å². The second-order valence-corrected chi connectivity index (χ2v) is 11.6. The maximum absolute atomic E-state index is 9.84. The first-order chi connectivity index (χ1) is 16.3. The Morgan fingerprint density at radius 3 is 2.68 bits per heavy atom. The number of rotatable bonds is 6. The number of methoxy groups -OCH3 is 1. The largest absolute Gasteiger partial charge is 0.493 e. The number of aliphatic imine (C=N–C) groups is 1. The maximum Gasteiger partial charge on any atom is 0.175 e. The van der Waals surface area contributed by atoms with Gasteiger partial charge < -0.3 is 9.47 Å². The molecule has 1 heterocycles. The summed E-state index contributed by atoms with van der Waals surface area (Å²) in [6, 6.07) is 16.3. The zero-order valence-corrected chi connectivity index (χ0v) is 22.4. The fourth-order valence-corrected chi connectivity index (χ4v) is 6.13. The second-order valence-electron chi connectivity index (χ2n) is 9.67. The fraction of sp³-hybridized carbons (Fsp3) is 0.357. The summed E-state index contributed by atoms with van der Waals surface area (Å²) >= 11 is 5.28. The van der Waals surface area contributed by atoms with E-state index in [-0.39, 0.29) is 5.41 Å². The van der Waals surface area contributed by atoms with Crippen molar-refractivity contribution in [1.29, 1.82) is 5.26 Å². The predicted molar refractivity (Wildman–Crippen MR) is 143 cm³/mol. The highest BCUT2D eigenvalue weighted by Crippen LogP contribution is 2.45. The zero-order chi connectivity index (χ0) is 24.3. The van der Waals surface area contributed by atoms with Gasteiger partial charge in [0.1, 0.15) is 17.7 Å². The van der Waals surface area contributed by atoms with Gasteiger partial charge in [-0.15, -0.1) is 11.3 Å². The number of nitrogens with zero attached hydrogens (tertiary/aromatic N) is 2. The van der Waals surface area contributed by atoms with Crippen LogP contribution in [0, 0.1) is 22.7 Å². The van der Waals surface area contributed by atoms with Gasteiger partial charge >= 0.3 is 0 Å². The molecule has 0 saturated carbocycles. The summed E-state index contributed by atoms with van der Waals surface area (Å²) in [7, 11) is 1.63. The third kappa shape index (κ3) is 5.37. The predicted octanol–water partition coefficient (Wildman–Crippen LogP) is 7.87. The topological polar surface area (TPSA) is 54.6 Å². The molecule has 0 saturated heterocycles. The Hall–Kier alpha value is -2.62. The molecule has 34 heavy (non-hydrogen) atoms. The number of hydrogen-bond acceptors (Lipinski definition) is 5. The molecular weight excluding hydrogens is 508 g/mol. The maximum atomic E-state index is 9.84. The van der Waals surface area contributed by atoms with E-state index in [9.17, 15) is 5.26 Å². The zero-order valence-electron chi connectivity index (χ0n) is 20.0. The molecule has 0 fully saturated rings. The van der Waals surface area contributed by atoms with Crippen molar-refractivity contribution >= 4 is 38.5 Å². The van der Waals surface area contributed by atoms with Crippen molar-refractivity contribution in [3.8, 4) is 17.6 Å². The third-order valence-corrected chi connectivity index (χ3v) is 8.14. The molecule has 0 aliphatic heterocycles. The molecule has 0 spiro atoms. The number of thiophene rings is 1. The molecule has 0 N–H and O–H groups in total. The highest BCUT2D eigenvalue weighted by atomic mass is 79.9. The molecule has 4 nitrogen and oxygen atoms in total. The molecule has 2 aromatic carbocycles. The highest BCUT2D eigenvalue weighted by molar-refractivity contribution is 9.10. The first-order valence-electron chi connectivity index (χ1n) is 11.4. The first kappa shape index (κ1) is 24.5. The van der Waals surface area contributed by atoms with Crippen molar-refractivity contribution < 1.29 is 9.47 Å². The quantitative estimate of drug-likeness (QED) is 0.301. The van der Waals surface area contributed by atoms with Crippen LogP contribution in [0.3, 0.4) is 0 Å². The minimum atomic E-state index is 0.269. The van der Waals surface area contributed by atoms with Gasteiger partial charge in [0.25, 0.3) is 0 Å². The van der Waals surface area contributed by atoms with Crippen LogP contribution in [0.15, 0.2) is 51.9 Å². The Morgan fingerprint density at radius 2 is 2.00 bits per heavy atom. The Labute approximate surface area is 214 Å². The molecule has 1 atom stereocenters. The molecule has 0 unspecified atom stereocenters. The van der Waals surface area contributed by atoms with E-state index >= 15 is 0 Å². The normalized spacial score (nSPS) is 15.7. The van der Waals surface area contributed by atoms with E-state index in [1.54, 1.807) is 24.7 Å². The molecule has 1 aliphatic carbocycles. The molecule has 1 aliphatic rings. The lowest BCUT2D eigenvalue weighted by Crippen LogP contribution is -2.26. The third-order valence-electron chi connectivity index (χ3n) is 6.39. The molecule has 1 aromatic heterocycles. The van der Waals surface area contributed by atoms with E-state index in [2.05, 4.69) is 42.8 Å². The van der Waals surface area contributed by atoms with Gasteiger partial charge in [0.15, 0.2) is 11.5 Å². The lowest BCUT2D eigenvalue weighted by atomic mass is 9.72. The Bertz CT molecular complexity index is 1240. The van der Waals surface area contributed by atoms with Crippen molar-refractivity contribution in [1.82, 2.24) is 0 Å². The first-order valence-corrected chi connectivity index (χ1v) is 13.0. The van der Waals surface area contributed by atoms with Crippen LogP contribution in [0.4, 0.5) is 5.00 Å². The van der Waals surface area contributed by atoms with E-state index < -0.39 is 0 Å². The van der Waals surface area contributed by atoms with Crippen LogP contribution in [-0.4, -0.2) is 13.3 Å². The highest BCUT2D eigenvalue weighted by Gasteiger charge is 2.32. The molecule has 6 heteroatoms. The Kier molecular flexibility index (Phi) is 7.45. The minimum Gasteiger partial charge on any atom is -0.493 e. The summed E-state index contributed by atoms with van der Waals surface area (Å²) in [6.07, 6.45) is 4.91. The molecule has 176 valence electrons. The van der Waals surface area contributed by atoms with Gasteiger partial charge in [-0.3, -0.25) is 0 Å². The van der Waals surface area contributed by atoms with Gasteiger partial charge in [-0.2, -0.15) is 5.26 Å². The van der Waals surface area contributed by atoms with Gasteiger partial charge in [-0.05, 0) is 75.3 Å². The van der Waals surface area contributed by atoms with Gasteiger partial charge in [-0.25, -0.2) is 4.99 Å². The molecule has 0 radical (unpaired) electrons. The van der Waals surface area contributed by atoms with Gasteiger partial charge in [-0.1, -0.05) is 51.1 Å². The standard InChI is InChI=1S/C28H29BrN2O2S/c1-28(2,3)20-10-11-21-22(15-30)27(34-25(21)14-20)31-16-19-12-23(29)26(24(13-19)32-4)33-17-18-8-6-5-7-9-18/h5-9,12-13,16,20H,10-11,14,17H2,1-4H3/t20-/m0/s1. The SMILES string of the molecule is COc1cc(C=Nc2sc3c(c2C#N)CC[C@H](C(C)(C)C)C3)cc(Br)c1OCc1ccccc1. The summed E-state index contributed by atoms with van der Waals surface area (Å²) in [4.78, 5) is 6.05. The van der Waals surface area contributed by atoms with Crippen molar-refractivity contribution in [2.45, 2.75) is 46.6 Å². The number of fused-ring (bicyclic) bond motifs is 1. The summed E-state index contributed by atoms with van der Waals surface area (Å²) in [5, 5.41) is 10.6. The van der Waals surface area contributed by atoms with Crippen LogP contribution < -0.4 is 9.47 Å². The van der Waals surface area contributed by atoms with Crippen LogP contribution in [-0.2, 0) is 19.4 Å². The fourth-order valence-electron chi connectivity index (χ4n) is 4.33. The smallest absolute Gasteiger partial charge is 0.175 e. The molecule has 4 rings (SSSR count). The second kappa shape index (κ2) is 10.3. The Morgan fingerprint density at radius 1 is 1.24 bits per heavy atom. The lowest BCUT2D eigenvalue weighted by Gasteiger charge is -2.33. The Balaban J connectivity index is 1.57. The summed E-state index contributed by atoms with van der Waals surface area (Å²) < 4.78 is 12.4. The summed E-state index contributed by atoms with van der Waals surface area (Å²) in [5.74, 6) is 1.91. The molecule has 3 aromatic rings. The number of benzene rings is 2. The van der Waals surface area contributed by atoms with Crippen molar-refractivity contribution in [2.24, 2.45) is 16.3 Å². The number of nitriles is 1. The average molecular weight is 538 g/mol. The number of hydrogen-bond donors (Lipinski definition) is 0. The number of ether oxygens (including phenoxy) is 2. The van der Waals surface area contributed by atoms with Crippen LogP contribution in [0.2, 0.25) is 0 Å². The van der Waals surface area contributed by atoms with E-state index in [1.807, 2.05) is 42.5 Å². The van der Waals surface area contributed by atoms with Gasteiger partial charge in [0.05, 0.1) is 17.1 Å². The van der Waals surface area contributed by atoms with Crippen LogP contribution >= 0.6 is 27.3 Å². The van der Waals surface area contributed by atoms with Crippen LogP contribution in [0.25, 0.3) is 0 Å². The van der Waals surface area contributed by atoms with Gasteiger partial charge in [0, 0.05) is 11.1 Å². The molecule has 0 amide bonds. The summed E-state index contributed by atoms with van der Waals surface area (Å²) in [6.45, 7) is 7.36. The van der Waals surface area contributed by atoms with E-state index in [4.69, 9.17) is 14.5 Å². The van der Waals surface area contributed by atoms with Gasteiger partial charge in [0.2, 0.25) is 0 Å².